The van der Waals surface area contributed by atoms with E-state index >= 15 is 0 Å². The number of nitrogens with zero attached hydrogens (tertiary/aromatic N) is 1. The number of imide groups is 1. The quantitative estimate of drug-likeness (QED) is 0.780. The predicted molar refractivity (Wildman–Crippen MR) is 92.8 cm³/mol. The highest BCUT2D eigenvalue weighted by atomic mass is 16.6. The lowest BCUT2D eigenvalue weighted by molar-refractivity contribution is 0.0431. The summed E-state index contributed by atoms with van der Waals surface area (Å²) in [7, 11) is 0. The third kappa shape index (κ3) is 5.66. The molecule has 0 radical (unpaired) electrons. The van der Waals surface area contributed by atoms with E-state index in [1.807, 2.05) is 0 Å². The zero-order chi connectivity index (χ0) is 19.6. The highest BCUT2D eigenvalue weighted by Crippen LogP contribution is 2.31. The molecular formula is C17H24N2O6. The van der Waals surface area contributed by atoms with Gasteiger partial charge in [-0.3, -0.25) is 0 Å². The Kier molecular flexibility index (Phi) is 5.68. The smallest absolute Gasteiger partial charge is 0.424 e. The van der Waals surface area contributed by atoms with Gasteiger partial charge < -0.3 is 20.3 Å². The second-order valence-corrected chi connectivity index (χ2v) is 7.34. The number of carboxylic acids is 1. The van der Waals surface area contributed by atoms with E-state index in [1.165, 1.54) is 18.2 Å². The van der Waals surface area contributed by atoms with Gasteiger partial charge in [-0.05, 0) is 53.7 Å². The monoisotopic (exact) mass is 352 g/mol. The Morgan fingerprint density at radius 1 is 0.960 bits per heavy atom. The first-order valence-electron chi connectivity index (χ1n) is 7.61. The van der Waals surface area contributed by atoms with Crippen LogP contribution < -0.4 is 10.6 Å². The van der Waals surface area contributed by atoms with E-state index in [0.29, 0.717) is 4.90 Å². The van der Waals surface area contributed by atoms with Crippen molar-refractivity contribution in [3.8, 4) is 0 Å². The summed E-state index contributed by atoms with van der Waals surface area (Å²) in [5.74, 6) is -1.35. The van der Waals surface area contributed by atoms with Crippen molar-refractivity contribution in [1.29, 1.82) is 0 Å². The number of carbonyl (C=O) groups excluding carboxylic acids is 2. The van der Waals surface area contributed by atoms with Gasteiger partial charge in [0.1, 0.15) is 11.2 Å². The minimum absolute atomic E-state index is 0.0726. The lowest BCUT2D eigenvalue weighted by Crippen LogP contribution is -2.44. The highest BCUT2D eigenvalue weighted by Gasteiger charge is 2.36. The van der Waals surface area contributed by atoms with Gasteiger partial charge in [0.25, 0.3) is 0 Å². The lowest BCUT2D eigenvalue weighted by atomic mass is 10.1. The molecule has 0 heterocycles. The third-order valence-corrected chi connectivity index (χ3v) is 2.67. The molecule has 0 saturated carbocycles. The van der Waals surface area contributed by atoms with Crippen molar-refractivity contribution in [3.05, 3.63) is 23.8 Å². The van der Waals surface area contributed by atoms with Crippen LogP contribution in [0, 0.1) is 0 Å². The van der Waals surface area contributed by atoms with Gasteiger partial charge in [0.15, 0.2) is 0 Å². The minimum Gasteiger partial charge on any atom is -0.478 e. The molecule has 0 fully saturated rings. The van der Waals surface area contributed by atoms with Crippen LogP contribution in [0.2, 0.25) is 0 Å². The number of ether oxygens (including phenoxy) is 2. The van der Waals surface area contributed by atoms with Gasteiger partial charge in [0, 0.05) is 0 Å². The summed E-state index contributed by atoms with van der Waals surface area (Å²) < 4.78 is 10.4. The van der Waals surface area contributed by atoms with Gasteiger partial charge in [-0.1, -0.05) is 6.07 Å². The van der Waals surface area contributed by atoms with E-state index in [-0.39, 0.29) is 16.9 Å². The Morgan fingerprint density at radius 2 is 1.40 bits per heavy atom. The number of nitrogens with two attached hydrogens (primary N) is 1. The number of amides is 2. The molecule has 0 bridgehead atoms. The average Bonchev–Trinajstić information content (AvgIpc) is 2.36. The number of aromatic carboxylic acids is 1. The number of rotatable bonds is 2. The molecule has 0 aliphatic carbocycles. The number of carboxylic acid groups (broad SMARTS) is 1. The molecule has 1 aromatic rings. The SMILES string of the molecule is CC(C)(C)OC(=O)N(C(=O)OC(C)(C)C)c1c(N)cccc1C(=O)O. The van der Waals surface area contributed by atoms with E-state index in [4.69, 9.17) is 15.2 Å². The molecule has 138 valence electrons. The molecule has 3 N–H and O–H groups in total. The second-order valence-electron chi connectivity index (χ2n) is 7.34. The number of carbonyl (C=O) groups is 3. The number of hydrogen-bond donors (Lipinski definition) is 2. The fourth-order valence-electron chi connectivity index (χ4n) is 1.86. The zero-order valence-electron chi connectivity index (χ0n) is 15.2. The Bertz CT molecular complexity index is 657. The molecule has 1 rings (SSSR count). The summed E-state index contributed by atoms with van der Waals surface area (Å²) in [6.07, 6.45) is -2.16. The van der Waals surface area contributed by atoms with E-state index in [9.17, 15) is 19.5 Å². The highest BCUT2D eigenvalue weighted by molar-refractivity contribution is 6.15. The summed E-state index contributed by atoms with van der Waals surface area (Å²) in [5.41, 5.74) is 3.33. The van der Waals surface area contributed by atoms with E-state index in [2.05, 4.69) is 0 Å². The zero-order valence-corrected chi connectivity index (χ0v) is 15.2. The maximum Gasteiger partial charge on any atom is 0.424 e. The standard InChI is InChI=1S/C17H24N2O6/c1-16(2,3)24-14(22)19(15(23)25-17(4,5)6)12-10(13(20)21)8-7-9-11(12)18/h7-9H,18H2,1-6H3,(H,20,21). The number of hydrogen-bond acceptors (Lipinski definition) is 6. The van der Waals surface area contributed by atoms with E-state index < -0.39 is 29.4 Å². The van der Waals surface area contributed by atoms with Gasteiger partial charge in [-0.25, -0.2) is 14.4 Å². The van der Waals surface area contributed by atoms with Crippen molar-refractivity contribution in [2.24, 2.45) is 0 Å². The van der Waals surface area contributed by atoms with Gasteiger partial charge in [-0.15, -0.1) is 0 Å². The maximum absolute atomic E-state index is 12.6. The molecule has 0 spiro atoms. The van der Waals surface area contributed by atoms with Gasteiger partial charge in [-0.2, -0.15) is 4.90 Å². The molecule has 2 amide bonds. The van der Waals surface area contributed by atoms with Crippen molar-refractivity contribution in [3.63, 3.8) is 0 Å². The van der Waals surface area contributed by atoms with Crippen LogP contribution in [0.5, 0.6) is 0 Å². The first-order chi connectivity index (χ1) is 11.2. The number of benzene rings is 1. The topological polar surface area (TPSA) is 119 Å². The van der Waals surface area contributed by atoms with Crippen molar-refractivity contribution in [2.75, 3.05) is 10.6 Å². The van der Waals surface area contributed by atoms with Gasteiger partial charge >= 0.3 is 18.2 Å². The molecule has 0 aliphatic heterocycles. The van der Waals surface area contributed by atoms with Gasteiger partial charge in [0.2, 0.25) is 0 Å². The van der Waals surface area contributed by atoms with Gasteiger partial charge in [0.05, 0.1) is 16.9 Å². The van der Waals surface area contributed by atoms with E-state index in [1.54, 1.807) is 41.5 Å². The molecule has 0 aromatic heterocycles. The molecule has 25 heavy (non-hydrogen) atoms. The second kappa shape index (κ2) is 7.00. The number of para-hydroxylation sites is 1. The molecule has 0 saturated heterocycles. The van der Waals surface area contributed by atoms with Crippen LogP contribution in [0.3, 0.4) is 0 Å². The Hall–Kier alpha value is -2.77. The molecule has 0 atom stereocenters. The van der Waals surface area contributed by atoms with Crippen molar-refractivity contribution in [2.45, 2.75) is 52.7 Å². The third-order valence-electron chi connectivity index (χ3n) is 2.67. The molecule has 8 heteroatoms. The summed E-state index contributed by atoms with van der Waals surface area (Å²) in [6, 6.07) is 4.02. The van der Waals surface area contributed by atoms with Crippen molar-refractivity contribution < 1.29 is 29.0 Å². The van der Waals surface area contributed by atoms with Crippen LogP contribution >= 0.6 is 0 Å². The predicted octanol–water partition coefficient (Wildman–Crippen LogP) is 3.64. The average molecular weight is 352 g/mol. The molecule has 0 aliphatic rings. The molecule has 0 unspecified atom stereocenters. The van der Waals surface area contributed by atoms with Crippen molar-refractivity contribution >= 4 is 29.5 Å². The molecule has 1 aromatic carbocycles. The largest absolute Gasteiger partial charge is 0.478 e. The Morgan fingerprint density at radius 3 is 1.76 bits per heavy atom. The van der Waals surface area contributed by atoms with Crippen LogP contribution in [-0.4, -0.2) is 34.5 Å². The van der Waals surface area contributed by atoms with Crippen molar-refractivity contribution in [1.82, 2.24) is 0 Å². The van der Waals surface area contributed by atoms with Crippen LogP contribution in [0.4, 0.5) is 21.0 Å². The summed E-state index contributed by atoms with van der Waals surface area (Å²) in [5, 5.41) is 9.38. The summed E-state index contributed by atoms with van der Waals surface area (Å²) in [6.45, 7) is 9.69. The fourth-order valence-corrected chi connectivity index (χ4v) is 1.86. The van der Waals surface area contributed by atoms with Crippen LogP contribution in [0.15, 0.2) is 18.2 Å². The maximum atomic E-state index is 12.6. The number of anilines is 2. The Balaban J connectivity index is 3.50. The lowest BCUT2D eigenvalue weighted by Gasteiger charge is -2.29. The molecular weight excluding hydrogens is 328 g/mol. The van der Waals surface area contributed by atoms with Crippen LogP contribution in [0.25, 0.3) is 0 Å². The Labute approximate surface area is 146 Å². The normalized spacial score (nSPS) is 11.6. The first-order valence-corrected chi connectivity index (χ1v) is 7.61. The number of nitrogen functional groups attached to an aromatic ring is 1. The summed E-state index contributed by atoms with van der Waals surface area (Å²) >= 11 is 0. The first kappa shape index (κ1) is 20.3. The minimum atomic E-state index is -1.35. The summed E-state index contributed by atoms with van der Waals surface area (Å²) in [4.78, 5) is 37.2. The van der Waals surface area contributed by atoms with Crippen LogP contribution in [-0.2, 0) is 9.47 Å². The molecule has 8 nitrogen and oxygen atoms in total. The van der Waals surface area contributed by atoms with Crippen LogP contribution in [0.1, 0.15) is 51.9 Å². The fraction of sp³-hybridized carbons (Fsp3) is 0.471. The van der Waals surface area contributed by atoms with E-state index in [0.717, 1.165) is 0 Å².